The zero-order chi connectivity index (χ0) is 11.4. The van der Waals surface area contributed by atoms with Gasteiger partial charge in [-0.1, -0.05) is 30.3 Å². The van der Waals surface area contributed by atoms with E-state index in [1.807, 2.05) is 36.4 Å². The minimum absolute atomic E-state index is 0.605. The molecule has 82 valence electrons. The van der Waals surface area contributed by atoms with Gasteiger partial charge in [0.05, 0.1) is 0 Å². The van der Waals surface area contributed by atoms with Crippen molar-refractivity contribution in [2.24, 2.45) is 0 Å². The number of hydrogen-bond acceptors (Lipinski definition) is 1. The van der Waals surface area contributed by atoms with E-state index in [0.29, 0.717) is 6.61 Å². The van der Waals surface area contributed by atoms with Gasteiger partial charge in [0.2, 0.25) is 0 Å². The van der Waals surface area contributed by atoms with Gasteiger partial charge in [0.15, 0.2) is 0 Å². The Labute approximate surface area is 117 Å². The maximum Gasteiger partial charge on any atom is 0.121 e. The second kappa shape index (κ2) is 5.68. The van der Waals surface area contributed by atoms with Crippen LogP contribution in [0.4, 0.5) is 0 Å². The van der Waals surface area contributed by atoms with Gasteiger partial charge in [-0.2, -0.15) is 0 Å². The molecule has 0 aliphatic heterocycles. The summed E-state index contributed by atoms with van der Waals surface area (Å²) >= 11 is 5.76. The van der Waals surface area contributed by atoms with Crippen molar-refractivity contribution in [3.05, 3.63) is 62.1 Å². The molecule has 0 saturated carbocycles. The number of benzene rings is 2. The Morgan fingerprint density at radius 1 is 1.06 bits per heavy atom. The lowest BCUT2D eigenvalue weighted by Gasteiger charge is -2.07. The molecule has 1 nitrogen and oxygen atoms in total. The quantitative estimate of drug-likeness (QED) is 0.696. The molecule has 0 heterocycles. The van der Waals surface area contributed by atoms with Gasteiger partial charge < -0.3 is 4.74 Å². The lowest BCUT2D eigenvalue weighted by atomic mass is 10.2. The van der Waals surface area contributed by atoms with Gasteiger partial charge in [-0.3, -0.25) is 0 Å². The number of halogens is 2. The van der Waals surface area contributed by atoms with E-state index in [0.717, 1.165) is 10.2 Å². The Morgan fingerprint density at radius 2 is 1.81 bits per heavy atom. The summed E-state index contributed by atoms with van der Waals surface area (Å²) in [6.45, 7) is 0.605. The summed E-state index contributed by atoms with van der Waals surface area (Å²) < 4.78 is 7.95. The van der Waals surface area contributed by atoms with Gasteiger partial charge in [0.1, 0.15) is 12.4 Å². The molecule has 0 saturated heterocycles. The first-order chi connectivity index (χ1) is 7.75. The van der Waals surface area contributed by atoms with E-state index in [1.165, 1.54) is 9.13 Å². The molecule has 0 N–H and O–H groups in total. The van der Waals surface area contributed by atoms with E-state index >= 15 is 0 Å². The molecule has 0 amide bonds. The molecular weight excluding hydrogens is 379 g/mol. The molecule has 0 fully saturated rings. The summed E-state index contributed by atoms with van der Waals surface area (Å²) in [5.74, 6) is 0.885. The van der Waals surface area contributed by atoms with Gasteiger partial charge in [-0.25, -0.2) is 0 Å². The highest BCUT2D eigenvalue weighted by molar-refractivity contribution is 14.1. The summed E-state index contributed by atoms with van der Waals surface area (Å²) in [6.07, 6.45) is 0. The minimum atomic E-state index is 0.605. The molecule has 0 bridgehead atoms. The average molecular weight is 389 g/mol. The zero-order valence-corrected chi connectivity index (χ0v) is 12.2. The third-order valence-electron chi connectivity index (χ3n) is 2.14. The van der Waals surface area contributed by atoms with Crippen molar-refractivity contribution in [2.75, 3.05) is 0 Å². The highest BCUT2D eigenvalue weighted by Gasteiger charge is 1.99. The van der Waals surface area contributed by atoms with Gasteiger partial charge in [-0.15, -0.1) is 0 Å². The SMILES string of the molecule is Brc1cc(OCc2ccccc2)ccc1I. The molecule has 2 aromatic rings. The molecule has 0 aliphatic rings. The standard InChI is InChI=1S/C13H10BrIO/c14-12-8-11(6-7-13(12)15)16-9-10-4-2-1-3-5-10/h1-8H,9H2. The molecule has 16 heavy (non-hydrogen) atoms. The molecule has 2 rings (SSSR count). The first kappa shape index (κ1) is 11.9. The summed E-state index contributed by atoms with van der Waals surface area (Å²) in [7, 11) is 0. The van der Waals surface area contributed by atoms with Crippen LogP contribution in [0.5, 0.6) is 5.75 Å². The van der Waals surface area contributed by atoms with E-state index in [1.54, 1.807) is 0 Å². The zero-order valence-electron chi connectivity index (χ0n) is 8.49. The topological polar surface area (TPSA) is 9.23 Å². The Morgan fingerprint density at radius 3 is 2.50 bits per heavy atom. The van der Waals surface area contributed by atoms with Gasteiger partial charge in [0.25, 0.3) is 0 Å². The average Bonchev–Trinajstić information content (AvgIpc) is 2.32. The van der Waals surface area contributed by atoms with Crippen molar-refractivity contribution in [1.82, 2.24) is 0 Å². The predicted octanol–water partition coefficient (Wildman–Crippen LogP) is 4.63. The van der Waals surface area contributed by atoms with Crippen molar-refractivity contribution in [2.45, 2.75) is 6.61 Å². The normalized spacial score (nSPS) is 10.1. The third-order valence-corrected chi connectivity index (χ3v) is 4.48. The maximum absolute atomic E-state index is 5.69. The summed E-state index contributed by atoms with van der Waals surface area (Å²) in [5.41, 5.74) is 1.18. The number of ether oxygens (including phenoxy) is 1. The predicted molar refractivity (Wildman–Crippen MR) is 77.6 cm³/mol. The Hall–Kier alpha value is -0.550. The first-order valence-electron chi connectivity index (χ1n) is 4.87. The van der Waals surface area contributed by atoms with E-state index in [2.05, 4.69) is 50.7 Å². The fraction of sp³-hybridized carbons (Fsp3) is 0.0769. The van der Waals surface area contributed by atoms with Crippen LogP contribution in [-0.4, -0.2) is 0 Å². The first-order valence-corrected chi connectivity index (χ1v) is 6.74. The van der Waals surface area contributed by atoms with Crippen LogP contribution in [0.2, 0.25) is 0 Å². The van der Waals surface area contributed by atoms with Crippen LogP contribution in [0.25, 0.3) is 0 Å². The fourth-order valence-electron chi connectivity index (χ4n) is 1.31. The van der Waals surface area contributed by atoms with Crippen LogP contribution in [0, 0.1) is 3.57 Å². The molecule has 0 radical (unpaired) electrons. The monoisotopic (exact) mass is 388 g/mol. The summed E-state index contributed by atoms with van der Waals surface area (Å²) in [5, 5.41) is 0. The summed E-state index contributed by atoms with van der Waals surface area (Å²) in [4.78, 5) is 0. The molecule has 2 aromatic carbocycles. The van der Waals surface area contributed by atoms with Crippen LogP contribution >= 0.6 is 38.5 Å². The number of rotatable bonds is 3. The van der Waals surface area contributed by atoms with Crippen molar-refractivity contribution < 1.29 is 4.74 Å². The van der Waals surface area contributed by atoms with Gasteiger partial charge in [0, 0.05) is 8.04 Å². The largest absolute Gasteiger partial charge is 0.489 e. The van der Waals surface area contributed by atoms with E-state index < -0.39 is 0 Å². The van der Waals surface area contributed by atoms with Crippen molar-refractivity contribution in [1.29, 1.82) is 0 Å². The molecule has 0 unspecified atom stereocenters. The van der Waals surface area contributed by atoms with Crippen molar-refractivity contribution in [3.8, 4) is 5.75 Å². The molecule has 0 aliphatic carbocycles. The summed E-state index contributed by atoms with van der Waals surface area (Å²) in [6, 6.07) is 16.2. The minimum Gasteiger partial charge on any atom is -0.489 e. The second-order valence-electron chi connectivity index (χ2n) is 3.35. The van der Waals surface area contributed by atoms with Gasteiger partial charge >= 0.3 is 0 Å². The van der Waals surface area contributed by atoms with E-state index in [4.69, 9.17) is 4.74 Å². The van der Waals surface area contributed by atoms with Crippen LogP contribution in [0.1, 0.15) is 5.56 Å². The van der Waals surface area contributed by atoms with Crippen LogP contribution in [0.15, 0.2) is 53.0 Å². The lowest BCUT2D eigenvalue weighted by Crippen LogP contribution is -1.95. The van der Waals surface area contributed by atoms with Crippen LogP contribution < -0.4 is 4.74 Å². The Bertz CT molecular complexity index is 471. The van der Waals surface area contributed by atoms with E-state index in [-0.39, 0.29) is 0 Å². The third kappa shape index (κ3) is 3.22. The van der Waals surface area contributed by atoms with Crippen LogP contribution in [0.3, 0.4) is 0 Å². The molecule has 0 atom stereocenters. The highest BCUT2D eigenvalue weighted by atomic mass is 127. The van der Waals surface area contributed by atoms with E-state index in [9.17, 15) is 0 Å². The Balaban J connectivity index is 2.03. The molecular formula is C13H10BrIO. The highest BCUT2D eigenvalue weighted by Crippen LogP contribution is 2.24. The molecule has 0 aromatic heterocycles. The number of hydrogen-bond donors (Lipinski definition) is 0. The lowest BCUT2D eigenvalue weighted by molar-refractivity contribution is 0.306. The fourth-order valence-corrected chi connectivity index (χ4v) is 2.00. The Kier molecular flexibility index (Phi) is 4.23. The van der Waals surface area contributed by atoms with Crippen molar-refractivity contribution >= 4 is 38.5 Å². The smallest absolute Gasteiger partial charge is 0.121 e. The van der Waals surface area contributed by atoms with Gasteiger partial charge in [-0.05, 0) is 62.3 Å². The maximum atomic E-state index is 5.69. The van der Waals surface area contributed by atoms with Crippen molar-refractivity contribution in [3.63, 3.8) is 0 Å². The second-order valence-corrected chi connectivity index (χ2v) is 5.37. The molecule has 3 heteroatoms. The van der Waals surface area contributed by atoms with Crippen LogP contribution in [-0.2, 0) is 6.61 Å². The molecule has 0 spiro atoms.